The molecular formula is C23H28N2O5S. The van der Waals surface area contributed by atoms with Gasteiger partial charge >= 0.3 is 5.97 Å². The van der Waals surface area contributed by atoms with E-state index in [4.69, 9.17) is 4.74 Å². The molecule has 2 aromatic rings. The zero-order valence-electron chi connectivity index (χ0n) is 18.1. The molecule has 1 aliphatic rings. The molecule has 31 heavy (non-hydrogen) atoms. The molecule has 3 rings (SSSR count). The molecule has 1 aliphatic heterocycles. The minimum atomic E-state index is -3.82. The second-order valence-electron chi connectivity index (χ2n) is 7.65. The van der Waals surface area contributed by atoms with Gasteiger partial charge in [-0.05, 0) is 57.0 Å². The Bertz CT molecular complexity index is 1040. The fourth-order valence-corrected chi connectivity index (χ4v) is 4.84. The van der Waals surface area contributed by atoms with E-state index in [1.54, 1.807) is 36.1 Å². The van der Waals surface area contributed by atoms with E-state index in [1.807, 2.05) is 19.1 Å². The van der Waals surface area contributed by atoms with Crippen LogP contribution in [0.1, 0.15) is 35.7 Å². The lowest BCUT2D eigenvalue weighted by molar-refractivity contribution is -0.149. The third-order valence-electron chi connectivity index (χ3n) is 5.54. The van der Waals surface area contributed by atoms with Crippen LogP contribution in [0.4, 0.5) is 5.69 Å². The van der Waals surface area contributed by atoms with Gasteiger partial charge in [0.25, 0.3) is 15.9 Å². The molecule has 0 atom stereocenters. The van der Waals surface area contributed by atoms with Gasteiger partial charge in [0.2, 0.25) is 0 Å². The van der Waals surface area contributed by atoms with E-state index < -0.39 is 10.0 Å². The number of sulfonamides is 1. The van der Waals surface area contributed by atoms with Crippen molar-refractivity contribution < 1.29 is 22.7 Å². The van der Waals surface area contributed by atoms with Gasteiger partial charge in [-0.3, -0.25) is 13.9 Å². The molecule has 2 aromatic carbocycles. The van der Waals surface area contributed by atoms with Crippen LogP contribution in [0.25, 0.3) is 0 Å². The lowest BCUT2D eigenvalue weighted by Crippen LogP contribution is -2.40. The normalized spacial score (nSPS) is 14.9. The number of anilines is 1. The molecule has 0 aliphatic carbocycles. The van der Waals surface area contributed by atoms with Gasteiger partial charge < -0.3 is 9.64 Å². The first-order chi connectivity index (χ1) is 14.7. The maximum absolute atomic E-state index is 13.1. The highest BCUT2D eigenvalue weighted by molar-refractivity contribution is 7.92. The number of likely N-dealkylation sites (tertiary alicyclic amines) is 1. The SMILES string of the molecule is CCOC(=O)C1CCN(C(=O)c2cccc(S(=O)(=O)N(C)c3ccc(C)cc3)c2)CC1. The van der Waals surface area contributed by atoms with Crippen molar-refractivity contribution in [1.29, 1.82) is 0 Å². The van der Waals surface area contributed by atoms with Crippen LogP contribution in [0.15, 0.2) is 53.4 Å². The molecule has 1 amide bonds. The highest BCUT2D eigenvalue weighted by Gasteiger charge is 2.29. The van der Waals surface area contributed by atoms with Gasteiger partial charge in [0, 0.05) is 25.7 Å². The summed E-state index contributed by atoms with van der Waals surface area (Å²) in [6.07, 6.45) is 1.08. The Hall–Kier alpha value is -2.87. The van der Waals surface area contributed by atoms with Crippen LogP contribution in [0, 0.1) is 12.8 Å². The molecule has 0 unspecified atom stereocenters. The van der Waals surface area contributed by atoms with Gasteiger partial charge in [-0.1, -0.05) is 23.8 Å². The Morgan fingerprint density at radius 1 is 1.10 bits per heavy atom. The van der Waals surface area contributed by atoms with E-state index in [0.29, 0.717) is 43.8 Å². The molecule has 0 bridgehead atoms. The Morgan fingerprint density at radius 2 is 1.74 bits per heavy atom. The zero-order valence-corrected chi connectivity index (χ0v) is 18.9. The number of piperidine rings is 1. The van der Waals surface area contributed by atoms with Crippen molar-refractivity contribution in [1.82, 2.24) is 4.90 Å². The number of aryl methyl sites for hydroxylation is 1. The molecule has 7 nitrogen and oxygen atoms in total. The van der Waals surface area contributed by atoms with Crippen LogP contribution in [-0.2, 0) is 19.6 Å². The number of carbonyl (C=O) groups is 2. The molecule has 0 spiro atoms. The quantitative estimate of drug-likeness (QED) is 0.639. The van der Waals surface area contributed by atoms with Crippen molar-refractivity contribution in [3.05, 3.63) is 59.7 Å². The lowest BCUT2D eigenvalue weighted by Gasteiger charge is -2.31. The summed E-state index contributed by atoms with van der Waals surface area (Å²) < 4.78 is 32.5. The fourth-order valence-electron chi connectivity index (χ4n) is 3.60. The van der Waals surface area contributed by atoms with Gasteiger partial charge in [-0.15, -0.1) is 0 Å². The number of amides is 1. The maximum Gasteiger partial charge on any atom is 0.309 e. The molecule has 0 aromatic heterocycles. The van der Waals surface area contributed by atoms with Crippen molar-refractivity contribution in [3.8, 4) is 0 Å². The van der Waals surface area contributed by atoms with E-state index in [9.17, 15) is 18.0 Å². The summed E-state index contributed by atoms with van der Waals surface area (Å²) in [5.41, 5.74) is 1.89. The maximum atomic E-state index is 13.1. The Morgan fingerprint density at radius 3 is 2.35 bits per heavy atom. The third-order valence-corrected chi connectivity index (χ3v) is 7.32. The van der Waals surface area contributed by atoms with E-state index in [2.05, 4.69) is 0 Å². The molecule has 166 valence electrons. The largest absolute Gasteiger partial charge is 0.466 e. The minimum Gasteiger partial charge on any atom is -0.466 e. The molecule has 0 saturated carbocycles. The molecule has 8 heteroatoms. The summed E-state index contributed by atoms with van der Waals surface area (Å²) in [7, 11) is -2.32. The summed E-state index contributed by atoms with van der Waals surface area (Å²) in [4.78, 5) is 26.6. The first kappa shape index (κ1) is 22.8. The summed E-state index contributed by atoms with van der Waals surface area (Å²) in [5, 5.41) is 0. The van der Waals surface area contributed by atoms with Crippen LogP contribution < -0.4 is 4.31 Å². The summed E-state index contributed by atoms with van der Waals surface area (Å²) in [5.74, 6) is -0.655. The van der Waals surface area contributed by atoms with E-state index in [0.717, 1.165) is 5.56 Å². The topological polar surface area (TPSA) is 84.0 Å². The summed E-state index contributed by atoms with van der Waals surface area (Å²) >= 11 is 0. The Balaban J connectivity index is 1.74. The van der Waals surface area contributed by atoms with Gasteiger partial charge in [0.05, 0.1) is 23.1 Å². The molecule has 1 fully saturated rings. The van der Waals surface area contributed by atoms with Crippen molar-refractivity contribution in [2.45, 2.75) is 31.6 Å². The summed E-state index contributed by atoms with van der Waals surface area (Å²) in [6.45, 7) is 4.91. The number of ether oxygens (including phenoxy) is 1. The molecule has 1 heterocycles. The van der Waals surface area contributed by atoms with Crippen molar-refractivity contribution >= 4 is 27.6 Å². The fraction of sp³-hybridized carbons (Fsp3) is 0.391. The highest BCUT2D eigenvalue weighted by Crippen LogP contribution is 2.25. The molecule has 0 radical (unpaired) electrons. The first-order valence-corrected chi connectivity index (χ1v) is 11.8. The predicted molar refractivity (Wildman–Crippen MR) is 118 cm³/mol. The Labute approximate surface area is 183 Å². The summed E-state index contributed by atoms with van der Waals surface area (Å²) in [6, 6.07) is 13.3. The van der Waals surface area contributed by atoms with Crippen LogP contribution >= 0.6 is 0 Å². The first-order valence-electron chi connectivity index (χ1n) is 10.4. The van der Waals surface area contributed by atoms with Gasteiger partial charge in [0.15, 0.2) is 0 Å². The van der Waals surface area contributed by atoms with E-state index >= 15 is 0 Å². The monoisotopic (exact) mass is 444 g/mol. The van der Waals surface area contributed by atoms with E-state index in [-0.39, 0.29) is 22.7 Å². The van der Waals surface area contributed by atoms with Crippen LogP contribution in [0.5, 0.6) is 0 Å². The van der Waals surface area contributed by atoms with Crippen LogP contribution in [0.3, 0.4) is 0 Å². The van der Waals surface area contributed by atoms with Gasteiger partial charge in [-0.2, -0.15) is 0 Å². The van der Waals surface area contributed by atoms with Crippen molar-refractivity contribution in [3.63, 3.8) is 0 Å². The number of hydrogen-bond donors (Lipinski definition) is 0. The lowest BCUT2D eigenvalue weighted by atomic mass is 9.96. The number of carbonyl (C=O) groups excluding carboxylic acids is 2. The Kier molecular flexibility index (Phi) is 7.00. The van der Waals surface area contributed by atoms with Crippen molar-refractivity contribution in [2.75, 3.05) is 31.0 Å². The smallest absolute Gasteiger partial charge is 0.309 e. The number of benzene rings is 2. The molecule has 0 N–H and O–H groups in total. The standard InChI is InChI=1S/C23H28N2O5S/c1-4-30-23(27)18-12-14-25(15-13-18)22(26)19-6-5-7-21(16-19)31(28,29)24(3)20-10-8-17(2)9-11-20/h5-11,16,18H,4,12-15H2,1-3H3. The van der Waals surface area contributed by atoms with E-state index in [1.165, 1.54) is 23.5 Å². The average Bonchev–Trinajstić information content (AvgIpc) is 2.79. The zero-order chi connectivity index (χ0) is 22.6. The number of nitrogens with zero attached hydrogens (tertiary/aromatic N) is 2. The third kappa shape index (κ3) is 5.07. The van der Waals surface area contributed by atoms with Gasteiger partial charge in [-0.25, -0.2) is 8.42 Å². The molecule has 1 saturated heterocycles. The number of rotatable bonds is 6. The van der Waals surface area contributed by atoms with Gasteiger partial charge in [0.1, 0.15) is 0 Å². The predicted octanol–water partition coefficient (Wildman–Crippen LogP) is 3.24. The second kappa shape index (κ2) is 9.51. The molecular weight excluding hydrogens is 416 g/mol. The van der Waals surface area contributed by atoms with Crippen LogP contribution in [0.2, 0.25) is 0 Å². The number of hydrogen-bond acceptors (Lipinski definition) is 5. The van der Waals surface area contributed by atoms with Crippen molar-refractivity contribution in [2.24, 2.45) is 5.92 Å². The highest BCUT2D eigenvalue weighted by atomic mass is 32.2. The van der Waals surface area contributed by atoms with Crippen LogP contribution in [-0.4, -0.2) is 51.9 Å². The average molecular weight is 445 g/mol. The minimum absolute atomic E-state index is 0.0582. The second-order valence-corrected chi connectivity index (χ2v) is 9.62. The number of esters is 1.